The number of methoxy groups -OCH3 is 1. The number of fused-ring (bicyclic) bond motifs is 4. The number of hydrogen-bond donors (Lipinski definition) is 5. The summed E-state index contributed by atoms with van der Waals surface area (Å²) in [5.74, 6) is 5.83. The number of amides is 3. The maximum Gasteiger partial charge on any atom is 0.411 e. The number of nitrogens with one attached hydrogen (secondary N) is 4. The molecule has 2 heterocycles. The Bertz CT molecular complexity index is 1600. The maximum atomic E-state index is 13.1. The molecule has 0 radical (unpaired) electrons. The number of nitrogens with two attached hydrogens (primary N) is 1. The van der Waals surface area contributed by atoms with E-state index in [1.807, 2.05) is 12.2 Å². The molecule has 3 amide bonds. The number of halogens is 1. The normalized spacial score (nSPS) is 15.8. The van der Waals surface area contributed by atoms with Crippen molar-refractivity contribution in [3.05, 3.63) is 82.8 Å². The third-order valence-electron chi connectivity index (χ3n) is 6.29. The quantitative estimate of drug-likeness (QED) is 0.0671. The van der Waals surface area contributed by atoms with Gasteiger partial charge in [0.1, 0.15) is 12.2 Å². The van der Waals surface area contributed by atoms with Crippen molar-refractivity contribution >= 4 is 60.0 Å². The van der Waals surface area contributed by atoms with Gasteiger partial charge in [0.2, 0.25) is 5.91 Å². The number of rotatable bonds is 7. The minimum absolute atomic E-state index is 0.318. The second-order valence-corrected chi connectivity index (χ2v) is 9.61. The molecule has 14 heteroatoms. The number of anilines is 2. The van der Waals surface area contributed by atoms with Gasteiger partial charge < -0.3 is 20.4 Å². The van der Waals surface area contributed by atoms with Crippen LogP contribution in [0.15, 0.2) is 71.0 Å². The Hall–Kier alpha value is -5.27. The minimum Gasteiger partial charge on any atom is -0.453 e. The number of ether oxygens (including phenoxy) is 1. The fourth-order valence-corrected chi connectivity index (χ4v) is 4.42. The van der Waals surface area contributed by atoms with Crippen LogP contribution in [0.25, 0.3) is 17.3 Å². The van der Waals surface area contributed by atoms with Crippen LogP contribution >= 0.6 is 11.6 Å². The van der Waals surface area contributed by atoms with Crippen molar-refractivity contribution in [3.8, 4) is 11.3 Å². The van der Waals surface area contributed by atoms with Gasteiger partial charge in [0.25, 0.3) is 5.91 Å². The average Bonchev–Trinajstić information content (AvgIpc) is 3.49. The Labute approximate surface area is 252 Å². The van der Waals surface area contributed by atoms with Crippen LogP contribution in [-0.4, -0.2) is 54.6 Å². The van der Waals surface area contributed by atoms with Crippen molar-refractivity contribution in [3.63, 3.8) is 0 Å². The van der Waals surface area contributed by atoms with Crippen LogP contribution < -0.4 is 26.8 Å². The van der Waals surface area contributed by atoms with Crippen molar-refractivity contribution in [1.29, 1.82) is 0 Å². The highest BCUT2D eigenvalue weighted by molar-refractivity contribution is 6.30. The number of aromatic amines is 1. The summed E-state index contributed by atoms with van der Waals surface area (Å²) in [7, 11) is 1.25. The highest BCUT2D eigenvalue weighted by Crippen LogP contribution is 2.28. The van der Waals surface area contributed by atoms with E-state index in [2.05, 4.69) is 42.6 Å². The lowest BCUT2D eigenvalue weighted by molar-refractivity contribution is -0.117. The summed E-state index contributed by atoms with van der Waals surface area (Å²) in [5.41, 5.74) is 2.86. The number of hydrazine groups is 1. The van der Waals surface area contributed by atoms with Crippen molar-refractivity contribution in [1.82, 2.24) is 20.6 Å². The Kier molecular flexibility index (Phi) is 10.4. The molecule has 2 aromatic carbocycles. The third kappa shape index (κ3) is 8.15. The molecule has 222 valence electrons. The summed E-state index contributed by atoms with van der Waals surface area (Å²) < 4.78 is 4.66. The van der Waals surface area contributed by atoms with Gasteiger partial charge in [-0.3, -0.25) is 19.9 Å². The van der Waals surface area contributed by atoms with Crippen molar-refractivity contribution in [2.24, 2.45) is 16.0 Å². The molecule has 2 bridgehead atoms. The molecule has 1 aliphatic heterocycles. The Balaban J connectivity index is 1.60. The molecule has 3 aromatic rings. The summed E-state index contributed by atoms with van der Waals surface area (Å²) in [4.78, 5) is 45.7. The molecule has 4 rings (SSSR count). The Morgan fingerprint density at radius 1 is 1.23 bits per heavy atom. The molecule has 1 aromatic heterocycles. The van der Waals surface area contributed by atoms with Crippen LogP contribution in [0, 0.1) is 0 Å². The molecule has 13 nitrogen and oxygen atoms in total. The molecule has 0 aliphatic carbocycles. The van der Waals surface area contributed by atoms with E-state index >= 15 is 0 Å². The summed E-state index contributed by atoms with van der Waals surface area (Å²) in [5, 5.41) is 17.2. The first-order valence-corrected chi connectivity index (χ1v) is 13.5. The third-order valence-corrected chi connectivity index (χ3v) is 6.53. The first-order chi connectivity index (χ1) is 20.8. The first kappa shape index (κ1) is 30.7. The second kappa shape index (κ2) is 14.6. The van der Waals surface area contributed by atoms with E-state index in [-0.39, 0.29) is 11.8 Å². The summed E-state index contributed by atoms with van der Waals surface area (Å²) >= 11 is 6.18. The number of imidazole rings is 1. The largest absolute Gasteiger partial charge is 0.453 e. The number of carbonyl (C=O) groups excluding carboxylic acids is 3. The lowest BCUT2D eigenvalue weighted by Gasteiger charge is -2.16. The van der Waals surface area contributed by atoms with Gasteiger partial charge in [-0.25, -0.2) is 15.6 Å². The molecule has 1 atom stereocenters. The average molecular weight is 604 g/mol. The molecule has 0 spiro atoms. The van der Waals surface area contributed by atoms with E-state index in [1.54, 1.807) is 48.7 Å². The number of hydrogen-bond acceptors (Lipinski definition) is 8. The first-order valence-electron chi connectivity index (χ1n) is 13.1. The van der Waals surface area contributed by atoms with Gasteiger partial charge in [-0.15, -0.1) is 5.10 Å². The molecule has 0 unspecified atom stereocenters. The van der Waals surface area contributed by atoms with Gasteiger partial charge in [0, 0.05) is 47.4 Å². The summed E-state index contributed by atoms with van der Waals surface area (Å²) in [6, 6.07) is 9.39. The van der Waals surface area contributed by atoms with E-state index < -0.39 is 12.1 Å². The van der Waals surface area contributed by atoms with Crippen LogP contribution in [0.5, 0.6) is 0 Å². The topological polar surface area (TPSA) is 179 Å². The van der Waals surface area contributed by atoms with Crippen molar-refractivity contribution in [2.45, 2.75) is 18.9 Å². The van der Waals surface area contributed by atoms with Gasteiger partial charge in [-0.2, -0.15) is 5.10 Å². The van der Waals surface area contributed by atoms with Crippen molar-refractivity contribution in [2.75, 3.05) is 24.0 Å². The zero-order chi connectivity index (χ0) is 30.8. The molecular formula is C29H30ClN9O4. The van der Waals surface area contributed by atoms with E-state index in [0.29, 0.717) is 64.0 Å². The van der Waals surface area contributed by atoms with Gasteiger partial charge in [-0.1, -0.05) is 23.8 Å². The van der Waals surface area contributed by atoms with Crippen LogP contribution in [0.2, 0.25) is 5.02 Å². The van der Waals surface area contributed by atoms with Gasteiger partial charge in [-0.05, 0) is 55.3 Å². The van der Waals surface area contributed by atoms with Gasteiger partial charge in [0.15, 0.2) is 0 Å². The lowest BCUT2D eigenvalue weighted by atomic mass is 10.0. The predicted molar refractivity (Wildman–Crippen MR) is 167 cm³/mol. The molecule has 6 N–H and O–H groups in total. The fourth-order valence-electron chi connectivity index (χ4n) is 4.24. The Morgan fingerprint density at radius 3 is 2.86 bits per heavy atom. The van der Waals surface area contributed by atoms with Gasteiger partial charge in [0.05, 0.1) is 30.1 Å². The van der Waals surface area contributed by atoms with E-state index in [4.69, 9.17) is 22.4 Å². The van der Waals surface area contributed by atoms with Crippen LogP contribution in [0.3, 0.4) is 0 Å². The highest BCUT2D eigenvalue weighted by Gasteiger charge is 2.21. The number of carbonyl (C=O) groups is 3. The van der Waals surface area contributed by atoms with Crippen molar-refractivity contribution < 1.29 is 19.1 Å². The van der Waals surface area contributed by atoms with E-state index in [0.717, 1.165) is 0 Å². The molecule has 0 fully saturated rings. The number of aromatic nitrogens is 2. The van der Waals surface area contributed by atoms with Crippen LogP contribution in [0.1, 0.15) is 40.6 Å². The van der Waals surface area contributed by atoms with Crippen LogP contribution in [-0.2, 0) is 9.53 Å². The van der Waals surface area contributed by atoms with E-state index in [1.165, 1.54) is 24.5 Å². The maximum absolute atomic E-state index is 13.1. The molecule has 0 saturated heterocycles. The summed E-state index contributed by atoms with van der Waals surface area (Å²) in [6.07, 6.45) is 10.1. The fraction of sp³-hybridized carbons (Fsp3) is 0.172. The predicted octanol–water partition coefficient (Wildman–Crippen LogP) is 4.18. The molecule has 43 heavy (non-hydrogen) atoms. The monoisotopic (exact) mass is 603 g/mol. The van der Waals surface area contributed by atoms with E-state index in [9.17, 15) is 14.4 Å². The second-order valence-electron chi connectivity index (χ2n) is 9.18. The molecule has 0 saturated carbocycles. The minimum atomic E-state index is -0.657. The number of nitrogens with zero attached hydrogens (tertiary/aromatic N) is 4. The zero-order valence-corrected chi connectivity index (χ0v) is 24.0. The SMILES string of the molecule is C=N/N=C\N(N)c1ccc(Cl)cc1/C=C/C(=O)N[C@H]1C/C=C/CCNC(=O)c2cc(NC(=O)OC)ccc2-c2c[nH]c1n2. The molecular weight excluding hydrogens is 574 g/mol. The smallest absolute Gasteiger partial charge is 0.411 e. The number of benzene rings is 2. The number of H-pyrrole nitrogens is 1. The van der Waals surface area contributed by atoms with Gasteiger partial charge >= 0.3 is 6.09 Å². The highest BCUT2D eigenvalue weighted by atomic mass is 35.5. The summed E-state index contributed by atoms with van der Waals surface area (Å²) in [6.45, 7) is 3.68. The standard InChI is InChI=1S/C29H30ClN9O4/c1-32-35-17-39(31)25-11-8-19(30)14-18(25)7-12-26(40)37-23-6-4-3-5-13-33-28(41)22-15-20(36-29(42)43-2)9-10-21(22)24-16-34-27(23)38-24/h3-4,7-12,14-17,23H,1,5-6,13,31H2,2H3,(H,33,41)(H,34,38)(H,36,42)(H,37,40)/b4-3+,12-7+,35-17-/t23-/m0/s1. The molecule has 1 aliphatic rings. The zero-order valence-electron chi connectivity index (χ0n) is 23.2. The lowest BCUT2D eigenvalue weighted by Crippen LogP contribution is -2.29. The Morgan fingerprint density at radius 2 is 2.07 bits per heavy atom. The van der Waals surface area contributed by atoms with Crippen LogP contribution in [0.4, 0.5) is 16.2 Å².